The fraction of sp³-hybridized carbons (Fsp3) is 0.647. The van der Waals surface area contributed by atoms with Gasteiger partial charge in [-0.3, -0.25) is 0 Å². The summed E-state index contributed by atoms with van der Waals surface area (Å²) in [6, 6.07) is 5.29. The number of benzene rings is 1. The molecule has 1 fully saturated rings. The van der Waals surface area contributed by atoms with Crippen LogP contribution < -0.4 is 4.74 Å². The van der Waals surface area contributed by atoms with Gasteiger partial charge in [0.2, 0.25) is 10.0 Å². The predicted molar refractivity (Wildman–Crippen MR) is 88.9 cm³/mol. The standard InChI is InChI=1S/C17H27NO3S/c1-4-5-12-21-17-9-8-15(13-16(17)14(2)3)22(19,20)18-10-6-7-11-18/h8-9,13-14H,4-7,10-12H2,1-3H3. The van der Waals surface area contributed by atoms with Gasteiger partial charge in [0, 0.05) is 13.1 Å². The Labute approximate surface area is 134 Å². The molecular formula is C17H27NO3S. The summed E-state index contributed by atoms with van der Waals surface area (Å²) in [4.78, 5) is 0.390. The minimum Gasteiger partial charge on any atom is -0.493 e. The summed E-state index contributed by atoms with van der Waals surface area (Å²) < 4.78 is 32.7. The lowest BCUT2D eigenvalue weighted by atomic mass is 10.0. The topological polar surface area (TPSA) is 46.6 Å². The molecule has 0 radical (unpaired) electrons. The van der Waals surface area contributed by atoms with Crippen LogP contribution in [-0.4, -0.2) is 32.4 Å². The second-order valence-corrected chi connectivity index (χ2v) is 8.11. The first-order valence-electron chi connectivity index (χ1n) is 8.23. The molecule has 2 rings (SSSR count). The first-order chi connectivity index (χ1) is 10.5. The maximum Gasteiger partial charge on any atom is 0.243 e. The van der Waals surface area contributed by atoms with Crippen LogP contribution in [0, 0.1) is 0 Å². The maximum absolute atomic E-state index is 12.7. The molecule has 22 heavy (non-hydrogen) atoms. The third-order valence-corrected chi connectivity index (χ3v) is 5.96. The quantitative estimate of drug-likeness (QED) is 0.717. The van der Waals surface area contributed by atoms with Crippen molar-refractivity contribution in [2.24, 2.45) is 0 Å². The molecule has 1 aromatic carbocycles. The molecule has 5 heteroatoms. The average molecular weight is 325 g/mol. The monoisotopic (exact) mass is 325 g/mol. The van der Waals surface area contributed by atoms with Crippen molar-refractivity contribution in [3.05, 3.63) is 23.8 Å². The summed E-state index contributed by atoms with van der Waals surface area (Å²) >= 11 is 0. The normalized spacial score (nSPS) is 16.4. The molecule has 0 saturated carbocycles. The first-order valence-corrected chi connectivity index (χ1v) is 9.67. The minimum absolute atomic E-state index is 0.227. The summed E-state index contributed by atoms with van der Waals surface area (Å²) in [6.45, 7) is 8.19. The average Bonchev–Trinajstić information content (AvgIpc) is 3.02. The minimum atomic E-state index is -3.36. The molecule has 0 bridgehead atoms. The Bertz CT molecular complexity index is 590. The van der Waals surface area contributed by atoms with Gasteiger partial charge in [-0.05, 0) is 48.9 Å². The van der Waals surface area contributed by atoms with Gasteiger partial charge in [-0.1, -0.05) is 27.2 Å². The van der Waals surface area contributed by atoms with Crippen molar-refractivity contribution in [2.45, 2.75) is 57.3 Å². The van der Waals surface area contributed by atoms with Crippen LogP contribution in [0.25, 0.3) is 0 Å². The van der Waals surface area contributed by atoms with Crippen LogP contribution in [0.2, 0.25) is 0 Å². The number of sulfonamides is 1. The molecular weight excluding hydrogens is 298 g/mol. The zero-order chi connectivity index (χ0) is 16.2. The van der Waals surface area contributed by atoms with Crippen LogP contribution in [0.15, 0.2) is 23.1 Å². The van der Waals surface area contributed by atoms with E-state index in [1.165, 1.54) is 0 Å². The molecule has 0 spiro atoms. The Balaban J connectivity index is 2.28. The van der Waals surface area contributed by atoms with E-state index in [1.807, 2.05) is 6.07 Å². The number of rotatable bonds is 7. The van der Waals surface area contributed by atoms with Crippen LogP contribution in [0.5, 0.6) is 5.75 Å². The van der Waals surface area contributed by atoms with Crippen molar-refractivity contribution < 1.29 is 13.2 Å². The summed E-state index contributed by atoms with van der Waals surface area (Å²) in [6.07, 6.45) is 3.99. The first kappa shape index (κ1) is 17.3. The smallest absolute Gasteiger partial charge is 0.243 e. The van der Waals surface area contributed by atoms with Gasteiger partial charge in [-0.15, -0.1) is 0 Å². The molecule has 0 atom stereocenters. The Morgan fingerprint density at radius 3 is 2.50 bits per heavy atom. The Morgan fingerprint density at radius 2 is 1.91 bits per heavy atom. The van der Waals surface area contributed by atoms with E-state index in [0.29, 0.717) is 24.6 Å². The number of hydrogen-bond donors (Lipinski definition) is 0. The largest absolute Gasteiger partial charge is 0.493 e. The van der Waals surface area contributed by atoms with Crippen LogP contribution in [0.4, 0.5) is 0 Å². The van der Waals surface area contributed by atoms with Gasteiger partial charge in [0.15, 0.2) is 0 Å². The van der Waals surface area contributed by atoms with Gasteiger partial charge >= 0.3 is 0 Å². The predicted octanol–water partition coefficient (Wildman–Crippen LogP) is 3.77. The van der Waals surface area contributed by atoms with E-state index in [1.54, 1.807) is 16.4 Å². The van der Waals surface area contributed by atoms with Gasteiger partial charge < -0.3 is 4.74 Å². The summed E-state index contributed by atoms with van der Waals surface area (Å²) in [5.74, 6) is 1.04. The number of hydrogen-bond acceptors (Lipinski definition) is 3. The van der Waals surface area contributed by atoms with E-state index < -0.39 is 10.0 Å². The van der Waals surface area contributed by atoms with Crippen LogP contribution >= 0.6 is 0 Å². The SMILES string of the molecule is CCCCOc1ccc(S(=O)(=O)N2CCCC2)cc1C(C)C. The Morgan fingerprint density at radius 1 is 1.23 bits per heavy atom. The lowest BCUT2D eigenvalue weighted by Crippen LogP contribution is -2.28. The third-order valence-electron chi connectivity index (χ3n) is 4.06. The fourth-order valence-corrected chi connectivity index (χ4v) is 4.23. The third kappa shape index (κ3) is 3.82. The van der Waals surface area contributed by atoms with Gasteiger partial charge in [0.05, 0.1) is 11.5 Å². The highest BCUT2D eigenvalue weighted by molar-refractivity contribution is 7.89. The number of unbranched alkanes of at least 4 members (excludes halogenated alkanes) is 1. The Hall–Kier alpha value is -1.07. The lowest BCUT2D eigenvalue weighted by Gasteiger charge is -2.19. The molecule has 0 unspecified atom stereocenters. The highest BCUT2D eigenvalue weighted by atomic mass is 32.2. The second kappa shape index (κ2) is 7.47. The molecule has 0 aliphatic carbocycles. The van der Waals surface area contributed by atoms with Crippen LogP contribution in [-0.2, 0) is 10.0 Å². The molecule has 1 aliphatic rings. The van der Waals surface area contributed by atoms with Gasteiger partial charge in [0.25, 0.3) is 0 Å². The van der Waals surface area contributed by atoms with Gasteiger partial charge in [0.1, 0.15) is 5.75 Å². The zero-order valence-electron chi connectivity index (χ0n) is 13.8. The fourth-order valence-electron chi connectivity index (χ4n) is 2.67. The number of nitrogens with zero attached hydrogens (tertiary/aromatic N) is 1. The molecule has 1 saturated heterocycles. The molecule has 0 N–H and O–H groups in total. The lowest BCUT2D eigenvalue weighted by molar-refractivity contribution is 0.305. The summed E-state index contributed by atoms with van der Waals surface area (Å²) in [5, 5.41) is 0. The van der Waals surface area contributed by atoms with Crippen LogP contribution in [0.3, 0.4) is 0 Å². The number of ether oxygens (including phenoxy) is 1. The summed E-state index contributed by atoms with van der Waals surface area (Å²) in [5.41, 5.74) is 0.969. The van der Waals surface area contributed by atoms with Gasteiger partial charge in [-0.2, -0.15) is 4.31 Å². The maximum atomic E-state index is 12.7. The van der Waals surface area contributed by atoms with E-state index in [2.05, 4.69) is 20.8 Å². The van der Waals surface area contributed by atoms with Gasteiger partial charge in [-0.25, -0.2) is 8.42 Å². The van der Waals surface area contributed by atoms with E-state index >= 15 is 0 Å². The van der Waals surface area contributed by atoms with E-state index in [-0.39, 0.29) is 5.92 Å². The van der Waals surface area contributed by atoms with Crippen LogP contribution in [0.1, 0.15) is 57.9 Å². The summed E-state index contributed by atoms with van der Waals surface area (Å²) in [7, 11) is -3.36. The molecule has 1 aliphatic heterocycles. The Kier molecular flexibility index (Phi) is 5.87. The van der Waals surface area contributed by atoms with Crippen molar-refractivity contribution in [1.29, 1.82) is 0 Å². The van der Waals surface area contributed by atoms with Crippen molar-refractivity contribution in [3.8, 4) is 5.75 Å². The van der Waals surface area contributed by atoms with Crippen molar-refractivity contribution in [2.75, 3.05) is 19.7 Å². The highest BCUT2D eigenvalue weighted by Crippen LogP contribution is 2.31. The highest BCUT2D eigenvalue weighted by Gasteiger charge is 2.28. The van der Waals surface area contributed by atoms with Crippen molar-refractivity contribution in [1.82, 2.24) is 4.31 Å². The van der Waals surface area contributed by atoms with E-state index in [9.17, 15) is 8.42 Å². The van der Waals surface area contributed by atoms with Crippen molar-refractivity contribution >= 4 is 10.0 Å². The zero-order valence-corrected chi connectivity index (χ0v) is 14.7. The van der Waals surface area contributed by atoms with E-state index in [4.69, 9.17) is 4.74 Å². The molecule has 0 aromatic heterocycles. The molecule has 1 aromatic rings. The molecule has 1 heterocycles. The van der Waals surface area contributed by atoms with Crippen molar-refractivity contribution in [3.63, 3.8) is 0 Å². The molecule has 124 valence electrons. The molecule has 4 nitrogen and oxygen atoms in total. The molecule has 0 amide bonds. The van der Waals surface area contributed by atoms with E-state index in [0.717, 1.165) is 37.0 Å². The second-order valence-electron chi connectivity index (χ2n) is 6.17.